The van der Waals surface area contributed by atoms with Gasteiger partial charge in [0.15, 0.2) is 0 Å². The molecule has 0 aliphatic carbocycles. The third kappa shape index (κ3) is 4.19. The largest absolute Gasteiger partial charge is 0.416 e. The quantitative estimate of drug-likeness (QED) is 0.485. The number of pyridine rings is 1. The van der Waals surface area contributed by atoms with E-state index >= 15 is 0 Å². The van der Waals surface area contributed by atoms with Crippen LogP contribution in [0.3, 0.4) is 0 Å². The fraction of sp³-hybridized carbons (Fsp3) is 0.0769. The summed E-state index contributed by atoms with van der Waals surface area (Å²) in [5.41, 5.74) is 2.31. The molecule has 1 aromatic heterocycles. The van der Waals surface area contributed by atoms with Crippen LogP contribution in [0.25, 0.3) is 0 Å². The van der Waals surface area contributed by atoms with Crippen LogP contribution in [0.1, 0.15) is 11.1 Å². The van der Waals surface area contributed by atoms with Crippen molar-refractivity contribution in [3.8, 4) is 0 Å². The van der Waals surface area contributed by atoms with Gasteiger partial charge in [0.2, 0.25) is 0 Å². The fourth-order valence-corrected chi connectivity index (χ4v) is 1.73. The Hall–Kier alpha value is -1.64. The molecule has 20 heavy (non-hydrogen) atoms. The molecule has 104 valence electrons. The maximum atomic E-state index is 12.5. The van der Waals surface area contributed by atoms with E-state index in [1.165, 1.54) is 12.3 Å². The van der Waals surface area contributed by atoms with E-state index in [9.17, 15) is 13.2 Å². The number of benzene rings is 1. The first kappa shape index (κ1) is 14.8. The summed E-state index contributed by atoms with van der Waals surface area (Å²) in [7, 11) is 0. The van der Waals surface area contributed by atoms with E-state index in [4.69, 9.17) is 0 Å². The van der Waals surface area contributed by atoms with Crippen molar-refractivity contribution < 1.29 is 13.2 Å². The molecule has 0 aliphatic heterocycles. The molecule has 2 aromatic rings. The predicted molar refractivity (Wildman–Crippen MR) is 79.6 cm³/mol. The lowest BCUT2D eigenvalue weighted by atomic mass is 10.1. The standard InChI is InChI=1S/C13H9F3IN3/c14-13(15,16)10-3-1-2-9(6-10)7-19-20-12-5-4-11(17)8-18-12/h1-8H,(H,18,20)/b19-7-. The van der Waals surface area contributed by atoms with Gasteiger partial charge in [-0.1, -0.05) is 12.1 Å². The Bertz CT molecular complexity index is 609. The summed E-state index contributed by atoms with van der Waals surface area (Å²) in [5, 5.41) is 3.86. The van der Waals surface area contributed by atoms with Gasteiger partial charge in [0.25, 0.3) is 0 Å². The summed E-state index contributed by atoms with van der Waals surface area (Å²) in [4.78, 5) is 4.05. The maximum absolute atomic E-state index is 12.5. The summed E-state index contributed by atoms with van der Waals surface area (Å²) in [5.74, 6) is 0.522. The molecular weight excluding hydrogens is 382 g/mol. The lowest BCUT2D eigenvalue weighted by Gasteiger charge is -2.06. The molecule has 0 atom stereocenters. The SMILES string of the molecule is FC(F)(F)c1cccc(/C=N\Nc2ccc(I)cn2)c1. The zero-order valence-electron chi connectivity index (χ0n) is 10.0. The van der Waals surface area contributed by atoms with Gasteiger partial charge in [-0.05, 0) is 52.4 Å². The molecule has 3 nitrogen and oxygen atoms in total. The highest BCUT2D eigenvalue weighted by Gasteiger charge is 2.30. The van der Waals surface area contributed by atoms with Crippen molar-refractivity contribution >= 4 is 34.6 Å². The minimum absolute atomic E-state index is 0.359. The zero-order chi connectivity index (χ0) is 14.6. The second-order valence-corrected chi connectivity index (χ2v) is 5.10. The highest BCUT2D eigenvalue weighted by molar-refractivity contribution is 14.1. The van der Waals surface area contributed by atoms with Crippen molar-refractivity contribution in [2.75, 3.05) is 5.43 Å². The van der Waals surface area contributed by atoms with Crippen LogP contribution < -0.4 is 5.43 Å². The van der Waals surface area contributed by atoms with Crippen LogP contribution in [-0.4, -0.2) is 11.2 Å². The molecule has 0 unspecified atom stereocenters. The van der Waals surface area contributed by atoms with Gasteiger partial charge in [0.05, 0.1) is 11.8 Å². The maximum Gasteiger partial charge on any atom is 0.416 e. The number of anilines is 1. The number of nitrogens with zero attached hydrogens (tertiary/aromatic N) is 2. The van der Waals surface area contributed by atoms with Crippen LogP contribution in [0.5, 0.6) is 0 Å². The van der Waals surface area contributed by atoms with Crippen molar-refractivity contribution in [2.45, 2.75) is 6.18 Å². The van der Waals surface area contributed by atoms with Crippen LogP contribution in [0.2, 0.25) is 0 Å². The van der Waals surface area contributed by atoms with E-state index in [1.54, 1.807) is 18.3 Å². The number of alkyl halides is 3. The Labute approximate surface area is 127 Å². The highest BCUT2D eigenvalue weighted by atomic mass is 127. The topological polar surface area (TPSA) is 37.3 Å². The summed E-state index contributed by atoms with van der Waals surface area (Å²) in [6.07, 6.45) is -1.38. The third-order valence-electron chi connectivity index (χ3n) is 2.33. The molecule has 0 amide bonds. The molecule has 2 rings (SSSR count). The molecule has 1 heterocycles. The molecular formula is C13H9F3IN3. The minimum atomic E-state index is -4.35. The fourth-order valence-electron chi connectivity index (χ4n) is 1.41. The lowest BCUT2D eigenvalue weighted by molar-refractivity contribution is -0.137. The first-order valence-electron chi connectivity index (χ1n) is 5.53. The van der Waals surface area contributed by atoms with Gasteiger partial charge in [0, 0.05) is 9.77 Å². The molecule has 1 N–H and O–H groups in total. The summed E-state index contributed by atoms with van der Waals surface area (Å²) in [6, 6.07) is 8.51. The van der Waals surface area contributed by atoms with Gasteiger partial charge >= 0.3 is 6.18 Å². The van der Waals surface area contributed by atoms with Gasteiger partial charge in [-0.15, -0.1) is 0 Å². The van der Waals surface area contributed by atoms with Crippen LogP contribution in [0.4, 0.5) is 19.0 Å². The van der Waals surface area contributed by atoms with Gasteiger partial charge < -0.3 is 0 Å². The second kappa shape index (κ2) is 6.21. The van der Waals surface area contributed by atoms with Crippen LogP contribution >= 0.6 is 22.6 Å². The van der Waals surface area contributed by atoms with Crippen molar-refractivity contribution in [3.63, 3.8) is 0 Å². The van der Waals surface area contributed by atoms with Crippen LogP contribution in [0.15, 0.2) is 47.7 Å². The van der Waals surface area contributed by atoms with Crippen LogP contribution in [-0.2, 0) is 6.18 Å². The summed E-state index contributed by atoms with van der Waals surface area (Å²) in [6.45, 7) is 0. The normalized spacial score (nSPS) is 11.8. The Morgan fingerprint density at radius 1 is 1.20 bits per heavy atom. The number of nitrogens with one attached hydrogen (secondary N) is 1. The molecule has 0 fully saturated rings. The molecule has 0 bridgehead atoms. The molecule has 0 aliphatic rings. The third-order valence-corrected chi connectivity index (χ3v) is 2.97. The Balaban J connectivity index is 2.06. The Kier molecular flexibility index (Phi) is 4.58. The van der Waals surface area contributed by atoms with Crippen molar-refractivity contribution in [1.29, 1.82) is 0 Å². The van der Waals surface area contributed by atoms with Crippen LogP contribution in [0, 0.1) is 3.57 Å². The van der Waals surface area contributed by atoms with Gasteiger partial charge in [-0.3, -0.25) is 5.43 Å². The van der Waals surface area contributed by atoms with E-state index in [-0.39, 0.29) is 0 Å². The van der Waals surface area contributed by atoms with Gasteiger partial charge in [-0.25, -0.2) is 4.98 Å². The average Bonchev–Trinajstić information content (AvgIpc) is 2.40. The number of aromatic nitrogens is 1. The monoisotopic (exact) mass is 391 g/mol. The highest BCUT2D eigenvalue weighted by Crippen LogP contribution is 2.29. The number of rotatable bonds is 3. The summed E-state index contributed by atoms with van der Waals surface area (Å²) < 4.78 is 38.5. The second-order valence-electron chi connectivity index (χ2n) is 3.85. The van der Waals surface area contributed by atoms with E-state index in [1.807, 2.05) is 6.07 Å². The molecule has 0 saturated carbocycles. The smallest absolute Gasteiger partial charge is 0.261 e. The molecule has 1 aromatic carbocycles. The van der Waals surface area contributed by atoms with E-state index in [0.29, 0.717) is 11.4 Å². The van der Waals surface area contributed by atoms with Gasteiger partial charge in [-0.2, -0.15) is 18.3 Å². The number of halogens is 4. The number of hydrogen-bond donors (Lipinski definition) is 1. The van der Waals surface area contributed by atoms with E-state index in [0.717, 1.165) is 15.7 Å². The molecule has 0 radical (unpaired) electrons. The van der Waals surface area contributed by atoms with Crippen molar-refractivity contribution in [1.82, 2.24) is 4.98 Å². The average molecular weight is 391 g/mol. The first-order chi connectivity index (χ1) is 9.45. The van der Waals surface area contributed by atoms with E-state index < -0.39 is 11.7 Å². The zero-order valence-corrected chi connectivity index (χ0v) is 12.2. The molecule has 7 heteroatoms. The Morgan fingerprint density at radius 2 is 2.00 bits per heavy atom. The number of hydrogen-bond acceptors (Lipinski definition) is 3. The number of hydrazone groups is 1. The minimum Gasteiger partial charge on any atom is -0.261 e. The first-order valence-corrected chi connectivity index (χ1v) is 6.61. The Morgan fingerprint density at radius 3 is 2.65 bits per heavy atom. The van der Waals surface area contributed by atoms with Crippen molar-refractivity contribution in [2.24, 2.45) is 5.10 Å². The molecule has 0 spiro atoms. The van der Waals surface area contributed by atoms with Gasteiger partial charge in [0.1, 0.15) is 5.82 Å². The van der Waals surface area contributed by atoms with Crippen molar-refractivity contribution in [3.05, 3.63) is 57.3 Å². The van der Waals surface area contributed by atoms with E-state index in [2.05, 4.69) is 38.1 Å². The molecule has 0 saturated heterocycles. The predicted octanol–water partition coefficient (Wildman–Crippen LogP) is 4.15. The summed E-state index contributed by atoms with van der Waals surface area (Å²) >= 11 is 2.12. The lowest BCUT2D eigenvalue weighted by Crippen LogP contribution is -2.05.